The topological polar surface area (TPSA) is 96.5 Å². The van der Waals surface area contributed by atoms with Gasteiger partial charge in [0, 0.05) is 6.92 Å². The van der Waals surface area contributed by atoms with E-state index in [9.17, 15) is 18.8 Å². The average Bonchev–Trinajstić information content (AvgIpc) is 2.51. The Kier molecular flexibility index (Phi) is 7.16. The van der Waals surface area contributed by atoms with E-state index in [1.54, 1.807) is 13.8 Å². The Morgan fingerprint density at radius 1 is 1.00 bits per heavy atom. The Labute approximate surface area is 139 Å². The number of hydrazine groups is 1. The smallest absolute Gasteiger partial charge is 0.279 e. The summed E-state index contributed by atoms with van der Waals surface area (Å²) >= 11 is 0. The zero-order valence-electron chi connectivity index (χ0n) is 14.1. The maximum absolute atomic E-state index is 12.8. The van der Waals surface area contributed by atoms with E-state index in [4.69, 9.17) is 4.74 Å². The average molecular weight is 339 g/mol. The number of hydrogen-bond donors (Lipinski definition) is 3. The van der Waals surface area contributed by atoms with Crippen LogP contribution >= 0.6 is 0 Å². The molecule has 132 valence electrons. The van der Waals surface area contributed by atoms with Crippen LogP contribution < -0.4 is 20.9 Å². The molecule has 0 unspecified atom stereocenters. The van der Waals surface area contributed by atoms with Crippen molar-refractivity contribution in [3.8, 4) is 5.75 Å². The fourth-order valence-corrected chi connectivity index (χ4v) is 1.83. The van der Waals surface area contributed by atoms with Crippen molar-refractivity contribution in [2.75, 3.05) is 0 Å². The third-order valence-corrected chi connectivity index (χ3v) is 3.11. The quantitative estimate of drug-likeness (QED) is 0.671. The number of amides is 3. The summed E-state index contributed by atoms with van der Waals surface area (Å²) in [7, 11) is 0. The highest BCUT2D eigenvalue weighted by atomic mass is 19.1. The molecule has 24 heavy (non-hydrogen) atoms. The minimum Gasteiger partial charge on any atom is -0.481 e. The van der Waals surface area contributed by atoms with E-state index >= 15 is 0 Å². The summed E-state index contributed by atoms with van der Waals surface area (Å²) in [5.74, 6) is -1.71. The maximum atomic E-state index is 12.8. The number of carbonyl (C=O) groups is 3. The van der Waals surface area contributed by atoms with Gasteiger partial charge in [-0.2, -0.15) is 0 Å². The van der Waals surface area contributed by atoms with Crippen molar-refractivity contribution in [3.63, 3.8) is 0 Å². The van der Waals surface area contributed by atoms with Gasteiger partial charge in [0.2, 0.25) is 5.91 Å². The lowest BCUT2D eigenvalue weighted by Gasteiger charge is -2.22. The van der Waals surface area contributed by atoms with Crippen molar-refractivity contribution >= 4 is 17.7 Å². The Morgan fingerprint density at radius 2 is 1.54 bits per heavy atom. The van der Waals surface area contributed by atoms with E-state index < -0.39 is 29.8 Å². The van der Waals surface area contributed by atoms with E-state index in [2.05, 4.69) is 16.2 Å². The zero-order valence-corrected chi connectivity index (χ0v) is 14.1. The van der Waals surface area contributed by atoms with Gasteiger partial charge in [-0.1, -0.05) is 13.8 Å². The standard InChI is InChI=1S/C16H22FN3O4/c1-9(2)14(18-11(4)21)16(23)20-19-15(22)10(3)24-13-7-5-12(17)6-8-13/h5-10,14H,1-4H3,(H,18,21)(H,19,22)(H,20,23)/t10-,14-/m0/s1. The minimum atomic E-state index is -0.908. The molecule has 0 aromatic heterocycles. The highest BCUT2D eigenvalue weighted by molar-refractivity contribution is 5.89. The van der Waals surface area contributed by atoms with E-state index in [-0.39, 0.29) is 11.8 Å². The minimum absolute atomic E-state index is 0.154. The fourth-order valence-electron chi connectivity index (χ4n) is 1.83. The van der Waals surface area contributed by atoms with Crippen LogP contribution in [-0.4, -0.2) is 29.9 Å². The van der Waals surface area contributed by atoms with Crippen LogP contribution in [0.1, 0.15) is 27.7 Å². The first-order chi connectivity index (χ1) is 11.2. The van der Waals surface area contributed by atoms with Gasteiger partial charge in [0.05, 0.1) is 0 Å². The molecular weight excluding hydrogens is 317 g/mol. The van der Waals surface area contributed by atoms with Gasteiger partial charge >= 0.3 is 0 Å². The molecule has 0 saturated heterocycles. The number of carbonyl (C=O) groups excluding carboxylic acids is 3. The van der Waals surface area contributed by atoms with Crippen molar-refractivity contribution in [3.05, 3.63) is 30.1 Å². The van der Waals surface area contributed by atoms with Crippen LogP contribution in [0.4, 0.5) is 4.39 Å². The molecule has 1 aromatic carbocycles. The van der Waals surface area contributed by atoms with Gasteiger partial charge in [-0.25, -0.2) is 4.39 Å². The zero-order chi connectivity index (χ0) is 18.3. The van der Waals surface area contributed by atoms with Crippen LogP contribution in [0.2, 0.25) is 0 Å². The SMILES string of the molecule is CC(=O)N[C@H](C(=O)NNC(=O)[C@H](C)Oc1ccc(F)cc1)C(C)C. The lowest BCUT2D eigenvalue weighted by molar-refractivity contribution is -0.135. The first-order valence-corrected chi connectivity index (χ1v) is 7.49. The predicted octanol–water partition coefficient (Wildman–Crippen LogP) is 0.901. The van der Waals surface area contributed by atoms with Crippen molar-refractivity contribution in [1.29, 1.82) is 0 Å². The Bertz CT molecular complexity index is 589. The van der Waals surface area contributed by atoms with Gasteiger partial charge < -0.3 is 10.1 Å². The van der Waals surface area contributed by atoms with Crippen LogP contribution in [0.25, 0.3) is 0 Å². The van der Waals surface area contributed by atoms with Gasteiger partial charge in [-0.05, 0) is 37.1 Å². The van der Waals surface area contributed by atoms with E-state index in [1.807, 2.05) is 0 Å². The molecule has 0 spiro atoms. The van der Waals surface area contributed by atoms with Gasteiger partial charge in [0.15, 0.2) is 6.10 Å². The third-order valence-electron chi connectivity index (χ3n) is 3.11. The summed E-state index contributed by atoms with van der Waals surface area (Å²) in [6, 6.07) is 4.44. The Hall–Kier alpha value is -2.64. The monoisotopic (exact) mass is 339 g/mol. The molecule has 7 nitrogen and oxygen atoms in total. The molecule has 2 atom stereocenters. The molecule has 0 aliphatic heterocycles. The van der Waals surface area contributed by atoms with Crippen LogP contribution in [0.3, 0.4) is 0 Å². The first kappa shape index (κ1) is 19.4. The normalized spacial score (nSPS) is 12.9. The van der Waals surface area contributed by atoms with Gasteiger partial charge in [-0.3, -0.25) is 25.2 Å². The number of nitrogens with one attached hydrogen (secondary N) is 3. The summed E-state index contributed by atoms with van der Waals surface area (Å²) < 4.78 is 18.1. The second-order valence-electron chi connectivity index (χ2n) is 5.61. The Morgan fingerprint density at radius 3 is 2.04 bits per heavy atom. The summed E-state index contributed by atoms with van der Waals surface area (Å²) in [6.07, 6.45) is -0.908. The molecule has 3 N–H and O–H groups in total. The molecular formula is C16H22FN3O4. The fraction of sp³-hybridized carbons (Fsp3) is 0.438. The summed E-state index contributed by atoms with van der Waals surface area (Å²) in [4.78, 5) is 35.1. The molecule has 1 rings (SSSR count). The van der Waals surface area contributed by atoms with Crippen LogP contribution in [-0.2, 0) is 14.4 Å². The number of hydrogen-bond acceptors (Lipinski definition) is 4. The van der Waals surface area contributed by atoms with Crippen molar-refractivity contribution in [2.45, 2.75) is 39.8 Å². The van der Waals surface area contributed by atoms with E-state index in [0.717, 1.165) is 0 Å². The summed E-state index contributed by atoms with van der Waals surface area (Å²) in [5.41, 5.74) is 4.49. The van der Waals surface area contributed by atoms with Gasteiger partial charge in [-0.15, -0.1) is 0 Å². The maximum Gasteiger partial charge on any atom is 0.279 e. The molecule has 0 bridgehead atoms. The Balaban J connectivity index is 2.52. The lowest BCUT2D eigenvalue weighted by Crippen LogP contribution is -2.55. The highest BCUT2D eigenvalue weighted by Gasteiger charge is 2.24. The number of halogens is 1. The van der Waals surface area contributed by atoms with Crippen LogP contribution in [0.15, 0.2) is 24.3 Å². The third kappa shape index (κ3) is 6.23. The second kappa shape index (κ2) is 8.85. The van der Waals surface area contributed by atoms with Crippen LogP contribution in [0.5, 0.6) is 5.75 Å². The van der Waals surface area contributed by atoms with E-state index in [0.29, 0.717) is 5.75 Å². The summed E-state index contributed by atoms with van der Waals surface area (Å²) in [6.45, 7) is 6.32. The second-order valence-corrected chi connectivity index (χ2v) is 5.61. The molecule has 8 heteroatoms. The molecule has 0 saturated carbocycles. The predicted molar refractivity (Wildman–Crippen MR) is 85.2 cm³/mol. The highest BCUT2D eigenvalue weighted by Crippen LogP contribution is 2.12. The number of rotatable bonds is 6. The lowest BCUT2D eigenvalue weighted by atomic mass is 10.0. The summed E-state index contributed by atoms with van der Waals surface area (Å²) in [5, 5.41) is 2.51. The van der Waals surface area contributed by atoms with Crippen LogP contribution in [0, 0.1) is 11.7 Å². The first-order valence-electron chi connectivity index (χ1n) is 7.49. The molecule has 0 fully saturated rings. The molecule has 0 heterocycles. The molecule has 3 amide bonds. The molecule has 0 radical (unpaired) electrons. The molecule has 0 aliphatic carbocycles. The van der Waals surface area contributed by atoms with Crippen molar-refractivity contribution in [1.82, 2.24) is 16.2 Å². The van der Waals surface area contributed by atoms with E-state index in [1.165, 1.54) is 38.1 Å². The largest absolute Gasteiger partial charge is 0.481 e. The van der Waals surface area contributed by atoms with Gasteiger partial charge in [0.25, 0.3) is 11.8 Å². The molecule has 1 aromatic rings. The molecule has 0 aliphatic rings. The number of benzene rings is 1. The van der Waals surface area contributed by atoms with Crippen molar-refractivity contribution < 1.29 is 23.5 Å². The van der Waals surface area contributed by atoms with Crippen molar-refractivity contribution in [2.24, 2.45) is 5.92 Å². The van der Waals surface area contributed by atoms with Gasteiger partial charge in [0.1, 0.15) is 17.6 Å². The number of ether oxygens (including phenoxy) is 1.